The van der Waals surface area contributed by atoms with Gasteiger partial charge < -0.3 is 15.2 Å². The van der Waals surface area contributed by atoms with Gasteiger partial charge in [0.15, 0.2) is 0 Å². The van der Waals surface area contributed by atoms with Crippen molar-refractivity contribution < 1.29 is 14.6 Å². The van der Waals surface area contributed by atoms with Crippen LogP contribution < -0.4 is 21.3 Å². The normalized spacial score (nSPS) is 10.8. The number of aryl methyl sites for hydroxylation is 2. The average molecular weight is 503 g/mol. The van der Waals surface area contributed by atoms with Crippen LogP contribution in [-0.4, -0.2) is 32.3 Å². The third-order valence-corrected chi connectivity index (χ3v) is 5.32. The Morgan fingerprint density at radius 3 is 2.53 bits per heavy atom. The van der Waals surface area contributed by atoms with Gasteiger partial charge in [-0.2, -0.15) is 9.78 Å². The molecule has 10 heteroatoms. The van der Waals surface area contributed by atoms with E-state index in [2.05, 4.69) is 31.3 Å². The molecule has 3 aromatic rings. The highest BCUT2D eigenvalue weighted by molar-refractivity contribution is 9.10. The maximum Gasteiger partial charge on any atom is 0.349 e. The Morgan fingerprint density at radius 2 is 1.91 bits per heavy atom. The van der Waals surface area contributed by atoms with Crippen LogP contribution >= 0.6 is 15.9 Å². The number of aromatic amines is 1. The monoisotopic (exact) mass is 502 g/mol. The Morgan fingerprint density at radius 1 is 1.22 bits per heavy atom. The van der Waals surface area contributed by atoms with Gasteiger partial charge in [0.1, 0.15) is 17.2 Å². The van der Waals surface area contributed by atoms with Crippen LogP contribution in [-0.2, 0) is 0 Å². The van der Waals surface area contributed by atoms with Crippen LogP contribution in [0.1, 0.15) is 41.4 Å². The molecule has 1 amide bonds. The number of aromatic hydroxyl groups is 1. The Balaban J connectivity index is 1.97. The highest BCUT2D eigenvalue weighted by Gasteiger charge is 2.17. The summed E-state index contributed by atoms with van der Waals surface area (Å²) in [7, 11) is 0. The molecule has 0 spiro atoms. The third kappa shape index (κ3) is 5.08. The van der Waals surface area contributed by atoms with Gasteiger partial charge in [-0.05, 0) is 77.7 Å². The summed E-state index contributed by atoms with van der Waals surface area (Å²) in [6, 6.07) is 8.12. The fourth-order valence-electron chi connectivity index (χ4n) is 3.07. The minimum absolute atomic E-state index is 0.0965. The van der Waals surface area contributed by atoms with Crippen molar-refractivity contribution >= 4 is 21.8 Å². The summed E-state index contributed by atoms with van der Waals surface area (Å²) in [5.41, 5.74) is -0.189. The number of H-pyrrole nitrogens is 1. The van der Waals surface area contributed by atoms with Crippen molar-refractivity contribution in [2.45, 2.75) is 33.6 Å². The first-order chi connectivity index (χ1) is 15.2. The first-order valence-electron chi connectivity index (χ1n) is 10.0. The minimum Gasteiger partial charge on any atom is -0.507 e. The summed E-state index contributed by atoms with van der Waals surface area (Å²) >= 11 is 3.25. The van der Waals surface area contributed by atoms with Gasteiger partial charge in [-0.3, -0.25) is 14.6 Å². The number of benzene rings is 2. The molecule has 3 rings (SSSR count). The summed E-state index contributed by atoms with van der Waals surface area (Å²) in [6.07, 6.45) is 1.65. The van der Waals surface area contributed by atoms with E-state index in [1.165, 1.54) is 6.07 Å². The Kier molecular flexibility index (Phi) is 7.14. The molecule has 32 heavy (non-hydrogen) atoms. The van der Waals surface area contributed by atoms with Crippen LogP contribution in [0.4, 0.5) is 0 Å². The van der Waals surface area contributed by atoms with Crippen LogP contribution in [0.2, 0.25) is 0 Å². The fraction of sp³-hybridized carbons (Fsp3) is 0.273. The van der Waals surface area contributed by atoms with Crippen LogP contribution in [0, 0.1) is 13.8 Å². The summed E-state index contributed by atoms with van der Waals surface area (Å²) in [5, 5.41) is 16.3. The number of nitrogens with one attached hydrogen (secondary N) is 2. The molecule has 1 heterocycles. The lowest BCUT2D eigenvalue weighted by molar-refractivity contribution is 0.0944. The summed E-state index contributed by atoms with van der Waals surface area (Å²) in [5.74, 6) is 0.541. The number of carbonyl (C=O) groups is 1. The van der Waals surface area contributed by atoms with Gasteiger partial charge >= 0.3 is 5.69 Å². The van der Waals surface area contributed by atoms with Gasteiger partial charge in [-0.25, -0.2) is 4.79 Å². The van der Waals surface area contributed by atoms with Crippen molar-refractivity contribution in [2.24, 2.45) is 0 Å². The molecule has 0 radical (unpaired) electrons. The number of amides is 1. The zero-order chi connectivity index (χ0) is 23.4. The molecular formula is C22H23BrN4O5. The molecule has 0 atom stereocenters. The molecular weight excluding hydrogens is 480 g/mol. The number of rotatable bonds is 7. The first kappa shape index (κ1) is 23.3. The Bertz CT molecular complexity index is 1260. The van der Waals surface area contributed by atoms with Gasteiger partial charge in [0.25, 0.3) is 11.5 Å². The van der Waals surface area contributed by atoms with Crippen molar-refractivity contribution in [3.8, 4) is 22.9 Å². The fourth-order valence-corrected chi connectivity index (χ4v) is 3.42. The number of phenolic OH excluding ortho intramolecular Hbond substituents is 1. The molecule has 2 aromatic carbocycles. The highest BCUT2D eigenvalue weighted by Crippen LogP contribution is 2.34. The van der Waals surface area contributed by atoms with E-state index in [1.807, 2.05) is 6.92 Å². The molecule has 9 nitrogen and oxygen atoms in total. The Labute approximate surface area is 192 Å². The molecule has 0 aliphatic heterocycles. The van der Waals surface area contributed by atoms with Crippen molar-refractivity contribution in [2.75, 3.05) is 6.54 Å². The van der Waals surface area contributed by atoms with Gasteiger partial charge in [-0.1, -0.05) is 13.3 Å². The lowest BCUT2D eigenvalue weighted by atomic mass is 10.1. The summed E-state index contributed by atoms with van der Waals surface area (Å²) < 4.78 is 7.44. The third-order valence-electron chi connectivity index (χ3n) is 4.69. The number of ether oxygens (including phenoxy) is 1. The number of hydrogen-bond donors (Lipinski definition) is 3. The van der Waals surface area contributed by atoms with Crippen LogP contribution in [0.3, 0.4) is 0 Å². The number of carbonyl (C=O) groups excluding carboxylic acids is 1. The van der Waals surface area contributed by atoms with E-state index >= 15 is 0 Å². The molecule has 0 saturated heterocycles. The largest absolute Gasteiger partial charge is 0.507 e. The second-order valence-electron chi connectivity index (χ2n) is 7.25. The van der Waals surface area contributed by atoms with E-state index < -0.39 is 17.2 Å². The summed E-state index contributed by atoms with van der Waals surface area (Å²) in [6.45, 7) is 6.00. The molecule has 3 N–H and O–H groups in total. The number of aromatic nitrogens is 3. The van der Waals surface area contributed by atoms with Crippen molar-refractivity contribution in [3.05, 3.63) is 72.5 Å². The lowest BCUT2D eigenvalue weighted by Crippen LogP contribution is -2.39. The molecule has 0 unspecified atom stereocenters. The standard InChI is InChI=1S/C22H23BrN4O5/c1-4-5-8-24-20(29)18-21(30)25-22(31)27(26-18)14-9-12(2)19(13(3)10-14)32-15-6-7-17(28)16(23)11-15/h6-7,9-11,28H,4-5,8H2,1-3H3,(H,24,29)(H,25,30,31). The molecule has 1 aromatic heterocycles. The van der Waals surface area contributed by atoms with E-state index in [1.54, 1.807) is 38.1 Å². The summed E-state index contributed by atoms with van der Waals surface area (Å²) in [4.78, 5) is 39.0. The second kappa shape index (κ2) is 9.82. The molecule has 0 aliphatic carbocycles. The second-order valence-corrected chi connectivity index (χ2v) is 8.11. The van der Waals surface area contributed by atoms with Crippen LogP contribution in [0.5, 0.6) is 17.2 Å². The van der Waals surface area contributed by atoms with E-state index in [0.29, 0.717) is 39.3 Å². The maximum absolute atomic E-state index is 12.4. The quantitative estimate of drug-likeness (QED) is 0.425. The smallest absolute Gasteiger partial charge is 0.349 e. The lowest BCUT2D eigenvalue weighted by Gasteiger charge is -2.15. The van der Waals surface area contributed by atoms with Crippen molar-refractivity contribution in [1.82, 2.24) is 20.1 Å². The molecule has 168 valence electrons. The van der Waals surface area contributed by atoms with E-state index in [4.69, 9.17) is 4.74 Å². The number of hydrogen-bond acceptors (Lipinski definition) is 6. The molecule has 0 bridgehead atoms. The van der Waals surface area contributed by atoms with Gasteiger partial charge in [0, 0.05) is 6.54 Å². The SMILES string of the molecule is CCCCNC(=O)c1nn(-c2cc(C)c(Oc3ccc(O)c(Br)c3)c(C)c2)c(=O)[nH]c1=O. The first-order valence-corrected chi connectivity index (χ1v) is 10.8. The molecule has 0 fully saturated rings. The average Bonchev–Trinajstić information content (AvgIpc) is 2.73. The van der Waals surface area contributed by atoms with Crippen molar-refractivity contribution in [1.29, 1.82) is 0 Å². The topological polar surface area (TPSA) is 126 Å². The zero-order valence-electron chi connectivity index (χ0n) is 17.9. The van der Waals surface area contributed by atoms with Gasteiger partial charge in [0.2, 0.25) is 5.69 Å². The predicted octanol–water partition coefficient (Wildman–Crippen LogP) is 3.33. The predicted molar refractivity (Wildman–Crippen MR) is 123 cm³/mol. The van der Waals surface area contributed by atoms with E-state index in [-0.39, 0.29) is 11.4 Å². The van der Waals surface area contributed by atoms with Crippen LogP contribution in [0.25, 0.3) is 5.69 Å². The van der Waals surface area contributed by atoms with Gasteiger partial charge in [0.05, 0.1) is 10.2 Å². The Hall–Kier alpha value is -3.40. The van der Waals surface area contributed by atoms with E-state index in [0.717, 1.165) is 17.5 Å². The minimum atomic E-state index is -0.841. The van der Waals surface area contributed by atoms with Gasteiger partial charge in [-0.15, -0.1) is 0 Å². The zero-order valence-corrected chi connectivity index (χ0v) is 19.4. The van der Waals surface area contributed by atoms with E-state index in [9.17, 15) is 19.5 Å². The number of nitrogens with zero attached hydrogens (tertiary/aromatic N) is 2. The van der Waals surface area contributed by atoms with Crippen molar-refractivity contribution in [3.63, 3.8) is 0 Å². The maximum atomic E-state index is 12.4. The molecule has 0 saturated carbocycles. The number of unbranched alkanes of at least 4 members (excludes halogenated alkanes) is 1. The molecule has 0 aliphatic rings. The number of phenols is 1. The highest BCUT2D eigenvalue weighted by atomic mass is 79.9. The van der Waals surface area contributed by atoms with Crippen LogP contribution in [0.15, 0.2) is 44.4 Å². The number of halogens is 1.